The van der Waals surface area contributed by atoms with E-state index in [1.165, 1.54) is 19.3 Å². The number of fused-ring (bicyclic) bond motifs is 1. The number of rotatable bonds is 5. The molecule has 2 aliphatic carbocycles. The van der Waals surface area contributed by atoms with E-state index in [0.29, 0.717) is 6.61 Å². The summed E-state index contributed by atoms with van der Waals surface area (Å²) in [6.07, 6.45) is 9.68. The highest BCUT2D eigenvalue weighted by atomic mass is 16.5. The zero-order valence-electron chi connectivity index (χ0n) is 11.7. The Hall–Kier alpha value is -1.39. The van der Waals surface area contributed by atoms with Crippen molar-refractivity contribution in [3.8, 4) is 0 Å². The van der Waals surface area contributed by atoms with Gasteiger partial charge in [0, 0.05) is 6.42 Å². The van der Waals surface area contributed by atoms with Gasteiger partial charge in [0.25, 0.3) is 0 Å². The first-order valence-electron chi connectivity index (χ1n) is 7.88. The third kappa shape index (κ3) is 2.34. The molecular formula is C15H21N3O2. The molecule has 2 fully saturated rings. The Morgan fingerprint density at radius 1 is 1.40 bits per heavy atom. The molecule has 1 unspecified atom stereocenters. The largest absolute Gasteiger partial charge is 0.464 e. The molecule has 0 radical (unpaired) electrons. The van der Waals surface area contributed by atoms with E-state index in [0.717, 1.165) is 49.3 Å². The highest BCUT2D eigenvalue weighted by Gasteiger charge is 2.46. The Balaban J connectivity index is 1.26. The summed E-state index contributed by atoms with van der Waals surface area (Å²) in [5.41, 5.74) is 0. The Kier molecular flexibility index (Phi) is 3.00. The van der Waals surface area contributed by atoms with Crippen LogP contribution < -0.4 is 0 Å². The summed E-state index contributed by atoms with van der Waals surface area (Å²) in [4.78, 5) is 12.2. The molecule has 2 heterocycles. The summed E-state index contributed by atoms with van der Waals surface area (Å²) in [7, 11) is 0. The molecule has 0 saturated heterocycles. The quantitative estimate of drug-likeness (QED) is 0.772. The maximum absolute atomic E-state index is 12.2. The fourth-order valence-electron chi connectivity index (χ4n) is 3.64. The van der Waals surface area contributed by atoms with Crippen molar-refractivity contribution in [3.63, 3.8) is 0 Å². The molecule has 3 aliphatic rings. The van der Waals surface area contributed by atoms with E-state index in [1.54, 1.807) is 6.33 Å². The highest BCUT2D eigenvalue weighted by molar-refractivity contribution is 5.74. The number of carbonyl (C=O) groups is 1. The van der Waals surface area contributed by atoms with E-state index in [2.05, 4.69) is 10.2 Å². The SMILES string of the molecule is O=C(OCC[C@@H]1C[C@H]1C1CC1)C1CCCc2nncn21. The second-order valence-electron chi connectivity index (χ2n) is 6.52. The maximum atomic E-state index is 12.2. The van der Waals surface area contributed by atoms with Crippen molar-refractivity contribution >= 4 is 5.97 Å². The lowest BCUT2D eigenvalue weighted by Crippen LogP contribution is -2.26. The fourth-order valence-corrected chi connectivity index (χ4v) is 3.64. The molecule has 0 N–H and O–H groups in total. The minimum Gasteiger partial charge on any atom is -0.464 e. The topological polar surface area (TPSA) is 57.0 Å². The lowest BCUT2D eigenvalue weighted by atomic mass is 10.0. The molecule has 5 heteroatoms. The summed E-state index contributed by atoms with van der Waals surface area (Å²) >= 11 is 0. The predicted octanol–water partition coefficient (Wildman–Crippen LogP) is 2.13. The van der Waals surface area contributed by atoms with Crippen LogP contribution in [-0.4, -0.2) is 27.3 Å². The Labute approximate surface area is 118 Å². The zero-order chi connectivity index (χ0) is 13.5. The van der Waals surface area contributed by atoms with Gasteiger partial charge in [-0.2, -0.15) is 0 Å². The van der Waals surface area contributed by atoms with Crippen molar-refractivity contribution in [2.75, 3.05) is 6.61 Å². The third-order valence-corrected chi connectivity index (χ3v) is 5.07. The number of aryl methyl sites for hydroxylation is 1. The molecule has 1 aromatic heterocycles. The average Bonchev–Trinajstić information content (AvgIpc) is 3.35. The Morgan fingerprint density at radius 3 is 3.15 bits per heavy atom. The van der Waals surface area contributed by atoms with Crippen LogP contribution in [0.25, 0.3) is 0 Å². The van der Waals surface area contributed by atoms with Crippen LogP contribution in [-0.2, 0) is 16.0 Å². The molecular weight excluding hydrogens is 254 g/mol. The highest BCUT2D eigenvalue weighted by Crippen LogP contribution is 2.55. The molecule has 0 aromatic carbocycles. The lowest BCUT2D eigenvalue weighted by Gasteiger charge is -2.22. The van der Waals surface area contributed by atoms with Crippen LogP contribution >= 0.6 is 0 Å². The molecule has 3 atom stereocenters. The van der Waals surface area contributed by atoms with E-state index in [9.17, 15) is 4.79 Å². The minimum atomic E-state index is -0.202. The van der Waals surface area contributed by atoms with Gasteiger partial charge in [-0.1, -0.05) is 0 Å². The second-order valence-corrected chi connectivity index (χ2v) is 6.52. The first-order chi connectivity index (χ1) is 9.83. The lowest BCUT2D eigenvalue weighted by molar-refractivity contribution is -0.148. The molecule has 0 spiro atoms. The van der Waals surface area contributed by atoms with Crippen molar-refractivity contribution in [1.29, 1.82) is 0 Å². The van der Waals surface area contributed by atoms with E-state index in [1.807, 2.05) is 4.57 Å². The fraction of sp³-hybridized carbons (Fsp3) is 0.800. The molecule has 1 aliphatic heterocycles. The van der Waals surface area contributed by atoms with Gasteiger partial charge in [0.2, 0.25) is 0 Å². The summed E-state index contributed by atoms with van der Waals surface area (Å²) in [6, 6.07) is -0.202. The Morgan fingerprint density at radius 2 is 2.30 bits per heavy atom. The number of nitrogens with zero attached hydrogens (tertiary/aromatic N) is 3. The number of esters is 1. The molecule has 1 aromatic rings. The Bertz CT molecular complexity index is 509. The number of carbonyl (C=O) groups excluding carboxylic acids is 1. The van der Waals surface area contributed by atoms with Gasteiger partial charge >= 0.3 is 5.97 Å². The van der Waals surface area contributed by atoms with Crippen LogP contribution in [0.1, 0.15) is 50.4 Å². The monoisotopic (exact) mass is 275 g/mol. The molecule has 0 amide bonds. The van der Waals surface area contributed by atoms with Crippen LogP contribution in [0.2, 0.25) is 0 Å². The number of hydrogen-bond donors (Lipinski definition) is 0. The number of ether oxygens (including phenoxy) is 1. The summed E-state index contributed by atoms with van der Waals surface area (Å²) in [6.45, 7) is 0.584. The van der Waals surface area contributed by atoms with E-state index >= 15 is 0 Å². The molecule has 2 saturated carbocycles. The van der Waals surface area contributed by atoms with E-state index in [4.69, 9.17) is 4.74 Å². The molecule has 5 nitrogen and oxygen atoms in total. The van der Waals surface area contributed by atoms with Crippen molar-refractivity contribution in [1.82, 2.24) is 14.8 Å². The van der Waals surface area contributed by atoms with Crippen molar-refractivity contribution < 1.29 is 9.53 Å². The van der Waals surface area contributed by atoms with E-state index in [-0.39, 0.29) is 12.0 Å². The van der Waals surface area contributed by atoms with E-state index < -0.39 is 0 Å². The normalized spacial score (nSPS) is 31.7. The van der Waals surface area contributed by atoms with Crippen LogP contribution in [0.3, 0.4) is 0 Å². The second kappa shape index (κ2) is 4.86. The summed E-state index contributed by atoms with van der Waals surface area (Å²) in [5.74, 6) is 3.59. The van der Waals surface area contributed by atoms with Crippen molar-refractivity contribution in [2.24, 2.45) is 17.8 Å². The number of hydrogen-bond acceptors (Lipinski definition) is 4. The standard InChI is InChI=1S/C15H21N3O2/c19-15(13-2-1-3-14-17-16-9-18(13)14)20-7-6-11-8-12(11)10-4-5-10/h9-13H,1-8H2/t11-,12+,13?/m1/s1. The van der Waals surface area contributed by atoms with Crippen LogP contribution in [0.5, 0.6) is 0 Å². The van der Waals surface area contributed by atoms with Crippen molar-refractivity contribution in [2.45, 2.75) is 51.0 Å². The molecule has 108 valence electrons. The van der Waals surface area contributed by atoms with Crippen LogP contribution in [0, 0.1) is 17.8 Å². The van der Waals surface area contributed by atoms with Gasteiger partial charge in [-0.05, 0) is 56.3 Å². The van der Waals surface area contributed by atoms with Crippen LogP contribution in [0.4, 0.5) is 0 Å². The zero-order valence-corrected chi connectivity index (χ0v) is 11.7. The first-order valence-corrected chi connectivity index (χ1v) is 7.88. The molecule has 20 heavy (non-hydrogen) atoms. The summed E-state index contributed by atoms with van der Waals surface area (Å²) < 4.78 is 7.38. The molecule has 0 bridgehead atoms. The van der Waals surface area contributed by atoms with Crippen LogP contribution in [0.15, 0.2) is 6.33 Å². The van der Waals surface area contributed by atoms with Gasteiger partial charge in [0.05, 0.1) is 6.61 Å². The van der Waals surface area contributed by atoms with Gasteiger partial charge in [-0.3, -0.25) is 0 Å². The van der Waals surface area contributed by atoms with Gasteiger partial charge in [0.1, 0.15) is 18.2 Å². The minimum absolute atomic E-state index is 0.102. The number of aromatic nitrogens is 3. The van der Waals surface area contributed by atoms with Gasteiger partial charge < -0.3 is 9.30 Å². The molecule has 4 rings (SSSR count). The van der Waals surface area contributed by atoms with Gasteiger partial charge in [0.15, 0.2) is 0 Å². The maximum Gasteiger partial charge on any atom is 0.329 e. The predicted molar refractivity (Wildman–Crippen MR) is 71.9 cm³/mol. The van der Waals surface area contributed by atoms with Gasteiger partial charge in [-0.25, -0.2) is 4.79 Å². The average molecular weight is 275 g/mol. The van der Waals surface area contributed by atoms with Crippen molar-refractivity contribution in [3.05, 3.63) is 12.2 Å². The smallest absolute Gasteiger partial charge is 0.329 e. The third-order valence-electron chi connectivity index (χ3n) is 5.07. The first kappa shape index (κ1) is 12.4. The summed E-state index contributed by atoms with van der Waals surface area (Å²) in [5, 5.41) is 7.95. The van der Waals surface area contributed by atoms with Gasteiger partial charge in [-0.15, -0.1) is 10.2 Å².